The van der Waals surface area contributed by atoms with Crippen molar-refractivity contribution in [1.82, 2.24) is 0 Å². The number of thiophene rings is 1. The molecule has 0 aliphatic rings. The van der Waals surface area contributed by atoms with Crippen LogP contribution in [-0.4, -0.2) is 0 Å². The highest BCUT2D eigenvalue weighted by molar-refractivity contribution is 7.26. The maximum Gasteiger partial charge on any atom is 0.0393 e. The maximum atomic E-state index is 2.39. The quantitative estimate of drug-likeness (QED) is 0.222. The minimum Gasteiger partial charge on any atom is -0.135 e. The van der Waals surface area contributed by atoms with Crippen molar-refractivity contribution in [1.29, 1.82) is 0 Å². The fourth-order valence-corrected chi connectivity index (χ4v) is 7.64. The van der Waals surface area contributed by atoms with Gasteiger partial charge in [-0.1, -0.05) is 60.7 Å². The van der Waals surface area contributed by atoms with E-state index in [0.717, 1.165) is 0 Å². The summed E-state index contributed by atoms with van der Waals surface area (Å²) in [4.78, 5) is 0. The molecule has 1 aromatic heterocycles. The van der Waals surface area contributed by atoms with Crippen LogP contribution in [0.5, 0.6) is 0 Å². The number of hydrogen-bond acceptors (Lipinski definition) is 1. The van der Waals surface area contributed by atoms with Crippen LogP contribution < -0.4 is 0 Å². The smallest absolute Gasteiger partial charge is 0.0393 e. The molecule has 1 heteroatoms. The number of fused-ring (bicyclic) bond motifs is 3. The van der Waals surface area contributed by atoms with E-state index in [1.807, 2.05) is 11.3 Å². The van der Waals surface area contributed by atoms with Gasteiger partial charge in [-0.2, -0.15) is 0 Å². The third-order valence-electron chi connectivity index (χ3n) is 8.78. The van der Waals surface area contributed by atoms with Crippen molar-refractivity contribution >= 4 is 31.5 Å². The molecule has 6 rings (SSSR count). The molecule has 38 heavy (non-hydrogen) atoms. The largest absolute Gasteiger partial charge is 0.135 e. The average molecular weight is 511 g/mol. The Hall–Kier alpha value is -3.68. The number of rotatable bonds is 3. The minimum atomic E-state index is 1.25. The van der Waals surface area contributed by atoms with Crippen molar-refractivity contribution < 1.29 is 0 Å². The van der Waals surface area contributed by atoms with Gasteiger partial charge in [0.1, 0.15) is 0 Å². The third kappa shape index (κ3) is 3.72. The van der Waals surface area contributed by atoms with E-state index in [-0.39, 0.29) is 0 Å². The van der Waals surface area contributed by atoms with Crippen LogP contribution in [0.1, 0.15) is 38.9 Å². The molecule has 0 nitrogen and oxygen atoms in total. The Labute approximate surface area is 230 Å². The first-order valence-electron chi connectivity index (χ1n) is 13.5. The molecule has 0 bridgehead atoms. The van der Waals surface area contributed by atoms with E-state index in [4.69, 9.17) is 0 Å². The molecule has 1 heterocycles. The van der Waals surface area contributed by atoms with Gasteiger partial charge in [0.25, 0.3) is 0 Å². The first-order valence-corrected chi connectivity index (χ1v) is 14.3. The molecular formula is C37H34S. The highest BCUT2D eigenvalue weighted by Crippen LogP contribution is 2.47. The second-order valence-electron chi connectivity index (χ2n) is 10.8. The fraction of sp³-hybridized carbons (Fsp3) is 0.189. The first kappa shape index (κ1) is 24.6. The topological polar surface area (TPSA) is 0 Å². The van der Waals surface area contributed by atoms with E-state index in [0.29, 0.717) is 0 Å². The zero-order chi connectivity index (χ0) is 26.7. The number of aryl methyl sites for hydroxylation is 4. The van der Waals surface area contributed by atoms with Crippen LogP contribution in [0.4, 0.5) is 0 Å². The van der Waals surface area contributed by atoms with Gasteiger partial charge in [0.05, 0.1) is 0 Å². The Morgan fingerprint density at radius 2 is 0.789 bits per heavy atom. The summed E-state index contributed by atoms with van der Waals surface area (Å²) in [5, 5.41) is 2.92. The highest BCUT2D eigenvalue weighted by atomic mass is 32.1. The van der Waals surface area contributed by atoms with Gasteiger partial charge in [0, 0.05) is 20.2 Å². The molecule has 188 valence electrons. The standard InChI is InChI=1S/C37H34S/c1-21-22(2)26(6)36-34(23(21)3)35-25(5)24(4)33(27(7)37(35)38-36)32-19-30(28-14-10-8-11-15-28)18-31(20-32)29-16-12-9-13-17-29/h8-20H,1-7H3. The lowest BCUT2D eigenvalue weighted by Crippen LogP contribution is -1.96. The van der Waals surface area contributed by atoms with Gasteiger partial charge in [-0.25, -0.2) is 0 Å². The van der Waals surface area contributed by atoms with Crippen molar-refractivity contribution in [2.45, 2.75) is 48.5 Å². The molecule has 0 spiro atoms. The van der Waals surface area contributed by atoms with Crippen LogP contribution in [0.2, 0.25) is 0 Å². The van der Waals surface area contributed by atoms with Gasteiger partial charge in [-0.05, 0) is 139 Å². The van der Waals surface area contributed by atoms with E-state index >= 15 is 0 Å². The summed E-state index contributed by atoms with van der Waals surface area (Å²) in [6, 6.07) is 28.7. The zero-order valence-electron chi connectivity index (χ0n) is 23.4. The van der Waals surface area contributed by atoms with Gasteiger partial charge in [-0.3, -0.25) is 0 Å². The molecule has 6 aromatic rings. The lowest BCUT2D eigenvalue weighted by atomic mass is 9.85. The minimum absolute atomic E-state index is 1.25. The molecule has 0 radical (unpaired) electrons. The van der Waals surface area contributed by atoms with Crippen LogP contribution in [-0.2, 0) is 0 Å². The molecule has 0 saturated heterocycles. The Morgan fingerprint density at radius 1 is 0.368 bits per heavy atom. The van der Waals surface area contributed by atoms with Crippen LogP contribution in [0, 0.1) is 48.5 Å². The van der Waals surface area contributed by atoms with E-state index in [1.165, 1.54) is 92.5 Å². The Morgan fingerprint density at radius 3 is 1.32 bits per heavy atom. The van der Waals surface area contributed by atoms with Crippen molar-refractivity contribution in [3.8, 4) is 33.4 Å². The predicted molar refractivity (Wildman–Crippen MR) is 169 cm³/mol. The van der Waals surface area contributed by atoms with Gasteiger partial charge in [0.15, 0.2) is 0 Å². The highest BCUT2D eigenvalue weighted by Gasteiger charge is 2.22. The summed E-state index contributed by atoms with van der Waals surface area (Å²) in [5.74, 6) is 0. The van der Waals surface area contributed by atoms with Crippen LogP contribution in [0.15, 0.2) is 78.9 Å². The van der Waals surface area contributed by atoms with E-state index in [2.05, 4.69) is 127 Å². The van der Waals surface area contributed by atoms with Gasteiger partial charge in [-0.15, -0.1) is 11.3 Å². The second kappa shape index (κ2) is 9.26. The Bertz CT molecular complexity index is 1790. The molecular weight excluding hydrogens is 476 g/mol. The van der Waals surface area contributed by atoms with Crippen LogP contribution >= 0.6 is 11.3 Å². The maximum absolute atomic E-state index is 2.39. The Balaban J connectivity index is 1.70. The SMILES string of the molecule is Cc1c(C)c(C)c2c(sc3c(C)c(-c4cc(-c5ccccc5)cc(-c5ccccc5)c4)c(C)c(C)c32)c1C. The van der Waals surface area contributed by atoms with E-state index in [1.54, 1.807) is 0 Å². The molecule has 0 unspecified atom stereocenters. The molecule has 0 aliphatic carbocycles. The number of benzene rings is 5. The summed E-state index contributed by atoms with van der Waals surface area (Å²) in [5.41, 5.74) is 17.6. The molecule has 0 aliphatic heterocycles. The van der Waals surface area contributed by atoms with Gasteiger partial charge >= 0.3 is 0 Å². The van der Waals surface area contributed by atoms with Crippen molar-refractivity contribution in [3.05, 3.63) is 118 Å². The van der Waals surface area contributed by atoms with E-state index in [9.17, 15) is 0 Å². The summed E-state index contributed by atoms with van der Waals surface area (Å²) in [7, 11) is 0. The lowest BCUT2D eigenvalue weighted by Gasteiger charge is -2.18. The fourth-order valence-electron chi connectivity index (χ4n) is 6.16. The number of hydrogen-bond donors (Lipinski definition) is 0. The second-order valence-corrected chi connectivity index (χ2v) is 11.8. The van der Waals surface area contributed by atoms with Crippen molar-refractivity contribution in [3.63, 3.8) is 0 Å². The average Bonchev–Trinajstić information content (AvgIpc) is 3.36. The lowest BCUT2D eigenvalue weighted by molar-refractivity contribution is 1.26. The van der Waals surface area contributed by atoms with Gasteiger partial charge < -0.3 is 0 Å². The van der Waals surface area contributed by atoms with E-state index < -0.39 is 0 Å². The first-order chi connectivity index (χ1) is 18.3. The monoisotopic (exact) mass is 510 g/mol. The molecule has 5 aromatic carbocycles. The van der Waals surface area contributed by atoms with Gasteiger partial charge in [0.2, 0.25) is 0 Å². The molecule has 0 amide bonds. The predicted octanol–water partition coefficient (Wildman–Crippen LogP) is 11.2. The van der Waals surface area contributed by atoms with Crippen molar-refractivity contribution in [2.75, 3.05) is 0 Å². The molecule has 0 N–H and O–H groups in total. The molecule has 0 fully saturated rings. The molecule has 0 atom stereocenters. The van der Waals surface area contributed by atoms with Crippen LogP contribution in [0.3, 0.4) is 0 Å². The summed E-state index contributed by atoms with van der Waals surface area (Å²) in [6.45, 7) is 16.2. The van der Waals surface area contributed by atoms with Crippen LogP contribution in [0.25, 0.3) is 53.6 Å². The Kier molecular flexibility index (Phi) is 6.00. The summed E-state index contributed by atoms with van der Waals surface area (Å²) >= 11 is 1.98. The normalized spacial score (nSPS) is 11.6. The third-order valence-corrected chi connectivity index (χ3v) is 10.2. The zero-order valence-corrected chi connectivity index (χ0v) is 24.2. The summed E-state index contributed by atoms with van der Waals surface area (Å²) < 4.78 is 2.88. The molecule has 0 saturated carbocycles. The van der Waals surface area contributed by atoms with Crippen molar-refractivity contribution in [2.24, 2.45) is 0 Å². The summed E-state index contributed by atoms with van der Waals surface area (Å²) in [6.07, 6.45) is 0.